The number of carbonyl (C=O) groups is 2. The van der Waals surface area contributed by atoms with Crippen LogP contribution in [-0.2, 0) is 0 Å². The van der Waals surface area contributed by atoms with Crippen molar-refractivity contribution in [3.63, 3.8) is 0 Å². The van der Waals surface area contributed by atoms with E-state index >= 15 is 0 Å². The molecule has 4 N–H and O–H groups in total. The Morgan fingerprint density at radius 3 is 1.20 bits per heavy atom. The van der Waals surface area contributed by atoms with Gasteiger partial charge in [0.2, 0.25) is 0 Å². The molecular formula is C24H18N2O4. The minimum absolute atomic E-state index is 0.256. The van der Waals surface area contributed by atoms with E-state index in [2.05, 4.69) is 10.6 Å². The van der Waals surface area contributed by atoms with Gasteiger partial charge in [-0.25, -0.2) is 9.59 Å². The SMILES string of the molecule is O=C(O)c1ccc(C2=CN/C(=C3/C=CC(c4ccc(C(=O)O)cc4)=CN3)C=C2)cc1. The Balaban J connectivity index is 1.45. The number of hydrogen-bond donors (Lipinski definition) is 4. The summed E-state index contributed by atoms with van der Waals surface area (Å²) in [5, 5.41) is 24.5. The molecule has 0 amide bonds. The van der Waals surface area contributed by atoms with Crippen molar-refractivity contribution >= 4 is 23.1 Å². The summed E-state index contributed by atoms with van der Waals surface area (Å²) in [7, 11) is 0. The van der Waals surface area contributed by atoms with Crippen molar-refractivity contribution < 1.29 is 19.8 Å². The third-order valence-corrected chi connectivity index (χ3v) is 4.85. The summed E-state index contributed by atoms with van der Waals surface area (Å²) in [5.41, 5.74) is 6.05. The van der Waals surface area contributed by atoms with Gasteiger partial charge in [-0.2, -0.15) is 0 Å². The van der Waals surface area contributed by atoms with Gasteiger partial charge in [0.1, 0.15) is 0 Å². The molecule has 2 aliphatic heterocycles. The first-order valence-electron chi connectivity index (χ1n) is 9.22. The third-order valence-electron chi connectivity index (χ3n) is 4.85. The molecule has 2 aliphatic rings. The second kappa shape index (κ2) is 7.97. The molecule has 0 atom stereocenters. The second-order valence-electron chi connectivity index (χ2n) is 6.75. The van der Waals surface area contributed by atoms with Crippen LogP contribution < -0.4 is 10.6 Å². The van der Waals surface area contributed by atoms with Crippen molar-refractivity contribution in [3.05, 3.63) is 119 Å². The highest BCUT2D eigenvalue weighted by atomic mass is 16.4. The Hall–Kier alpha value is -4.32. The predicted octanol–water partition coefficient (Wildman–Crippen LogP) is 4.00. The Kier molecular flexibility index (Phi) is 5.05. The first-order chi connectivity index (χ1) is 14.5. The highest BCUT2D eigenvalue weighted by Crippen LogP contribution is 2.24. The minimum atomic E-state index is -0.944. The summed E-state index contributed by atoms with van der Waals surface area (Å²) in [5.74, 6) is -1.89. The van der Waals surface area contributed by atoms with Crippen molar-refractivity contribution in [2.24, 2.45) is 0 Å². The summed E-state index contributed by atoms with van der Waals surface area (Å²) < 4.78 is 0. The van der Waals surface area contributed by atoms with Gasteiger partial charge in [0.15, 0.2) is 0 Å². The van der Waals surface area contributed by atoms with Crippen LogP contribution in [0.3, 0.4) is 0 Å². The molecule has 0 aliphatic carbocycles. The van der Waals surface area contributed by atoms with Crippen molar-refractivity contribution in [3.8, 4) is 0 Å². The monoisotopic (exact) mass is 398 g/mol. The largest absolute Gasteiger partial charge is 0.478 e. The fourth-order valence-corrected chi connectivity index (χ4v) is 3.15. The number of nitrogens with one attached hydrogen (secondary N) is 2. The lowest BCUT2D eigenvalue weighted by Crippen LogP contribution is -2.17. The topological polar surface area (TPSA) is 98.7 Å². The lowest BCUT2D eigenvalue weighted by molar-refractivity contribution is 0.0686. The Morgan fingerprint density at radius 2 is 0.933 bits per heavy atom. The molecule has 2 aromatic carbocycles. The van der Waals surface area contributed by atoms with Gasteiger partial charge < -0.3 is 20.8 Å². The first-order valence-corrected chi connectivity index (χ1v) is 9.22. The normalized spacial score (nSPS) is 17.5. The molecule has 2 aromatic rings. The predicted molar refractivity (Wildman–Crippen MR) is 114 cm³/mol. The summed E-state index contributed by atoms with van der Waals surface area (Å²) in [6, 6.07) is 13.5. The Morgan fingerprint density at radius 1 is 0.567 bits per heavy atom. The van der Waals surface area contributed by atoms with Gasteiger partial charge in [-0.3, -0.25) is 0 Å². The van der Waals surface area contributed by atoms with E-state index in [-0.39, 0.29) is 11.1 Å². The van der Waals surface area contributed by atoms with Gasteiger partial charge >= 0.3 is 11.9 Å². The van der Waals surface area contributed by atoms with E-state index in [9.17, 15) is 9.59 Å². The number of carboxylic acids is 2. The van der Waals surface area contributed by atoms with E-state index in [1.807, 2.05) is 36.7 Å². The maximum absolute atomic E-state index is 11.0. The van der Waals surface area contributed by atoms with E-state index < -0.39 is 11.9 Å². The summed E-state index contributed by atoms with van der Waals surface area (Å²) >= 11 is 0. The Labute approximate surface area is 172 Å². The molecule has 0 saturated carbocycles. The van der Waals surface area contributed by atoms with Crippen molar-refractivity contribution in [1.82, 2.24) is 10.6 Å². The van der Waals surface area contributed by atoms with E-state index in [1.54, 1.807) is 48.5 Å². The number of aromatic carboxylic acids is 2. The van der Waals surface area contributed by atoms with Crippen LogP contribution in [0.15, 0.2) is 96.6 Å². The number of rotatable bonds is 4. The van der Waals surface area contributed by atoms with Crippen LogP contribution in [0.1, 0.15) is 31.8 Å². The van der Waals surface area contributed by atoms with Crippen LogP contribution >= 0.6 is 0 Å². The smallest absolute Gasteiger partial charge is 0.335 e. The Bertz CT molecular complexity index is 1070. The summed E-state index contributed by atoms with van der Waals surface area (Å²) in [6.45, 7) is 0. The van der Waals surface area contributed by atoms with Crippen LogP contribution in [0.25, 0.3) is 11.1 Å². The summed E-state index contributed by atoms with van der Waals surface area (Å²) in [4.78, 5) is 21.9. The standard InChI is InChI=1S/C24H18N2O4/c27-23(28)17-5-1-15(2-6-17)19-9-11-21(25-13-19)22-12-10-20(14-26-22)16-3-7-18(8-4-16)24(29)30/h1-14,25-26H,(H,27,28)(H,29,30)/b22-21-. The number of benzene rings is 2. The van der Waals surface area contributed by atoms with Gasteiger partial charge in [0.25, 0.3) is 0 Å². The molecule has 0 fully saturated rings. The van der Waals surface area contributed by atoms with Gasteiger partial charge in [-0.1, -0.05) is 36.4 Å². The van der Waals surface area contributed by atoms with Crippen LogP contribution in [0.4, 0.5) is 0 Å². The molecule has 0 spiro atoms. The van der Waals surface area contributed by atoms with Crippen LogP contribution in [0, 0.1) is 0 Å². The van der Waals surface area contributed by atoms with Gasteiger partial charge in [-0.15, -0.1) is 0 Å². The van der Waals surface area contributed by atoms with Crippen LogP contribution in [0.2, 0.25) is 0 Å². The molecule has 30 heavy (non-hydrogen) atoms. The maximum Gasteiger partial charge on any atom is 0.335 e. The van der Waals surface area contributed by atoms with Gasteiger partial charge in [0.05, 0.1) is 22.5 Å². The van der Waals surface area contributed by atoms with E-state index in [1.165, 1.54) is 0 Å². The van der Waals surface area contributed by atoms with Crippen molar-refractivity contribution in [1.29, 1.82) is 0 Å². The third kappa shape index (κ3) is 3.93. The summed E-state index contributed by atoms with van der Waals surface area (Å²) in [6.07, 6.45) is 11.6. The molecule has 148 valence electrons. The molecule has 0 aromatic heterocycles. The van der Waals surface area contributed by atoms with Crippen LogP contribution in [-0.4, -0.2) is 22.2 Å². The molecule has 4 rings (SSSR count). The van der Waals surface area contributed by atoms with Gasteiger partial charge in [0, 0.05) is 12.4 Å². The molecular weight excluding hydrogens is 380 g/mol. The highest BCUT2D eigenvalue weighted by Gasteiger charge is 2.11. The van der Waals surface area contributed by atoms with Gasteiger partial charge in [-0.05, 0) is 58.7 Å². The first kappa shape index (κ1) is 19.0. The quantitative estimate of drug-likeness (QED) is 0.622. The van der Waals surface area contributed by atoms with E-state index in [0.717, 1.165) is 33.7 Å². The molecule has 6 heteroatoms. The molecule has 0 unspecified atom stereocenters. The average molecular weight is 398 g/mol. The van der Waals surface area contributed by atoms with Crippen molar-refractivity contribution in [2.75, 3.05) is 0 Å². The molecule has 0 bridgehead atoms. The van der Waals surface area contributed by atoms with E-state index in [4.69, 9.17) is 10.2 Å². The zero-order valence-electron chi connectivity index (χ0n) is 15.8. The van der Waals surface area contributed by atoms with E-state index in [0.29, 0.717) is 0 Å². The zero-order chi connectivity index (χ0) is 21.1. The number of allylic oxidation sites excluding steroid dienone is 6. The maximum atomic E-state index is 11.0. The number of carboxylic acid groups (broad SMARTS) is 2. The second-order valence-corrected chi connectivity index (χ2v) is 6.75. The van der Waals surface area contributed by atoms with Crippen LogP contribution in [0.5, 0.6) is 0 Å². The molecule has 2 heterocycles. The highest BCUT2D eigenvalue weighted by molar-refractivity contribution is 5.89. The lowest BCUT2D eigenvalue weighted by Gasteiger charge is -2.18. The van der Waals surface area contributed by atoms with Crippen molar-refractivity contribution in [2.45, 2.75) is 0 Å². The number of dihydropyridines is 2. The number of hydrogen-bond acceptors (Lipinski definition) is 4. The molecule has 6 nitrogen and oxygen atoms in total. The fourth-order valence-electron chi connectivity index (χ4n) is 3.15. The average Bonchev–Trinajstić information content (AvgIpc) is 2.79. The fraction of sp³-hybridized carbons (Fsp3) is 0. The molecule has 0 radical (unpaired) electrons. The minimum Gasteiger partial charge on any atom is -0.478 e. The molecule has 0 saturated heterocycles. The lowest BCUT2D eigenvalue weighted by atomic mass is 10.0. The zero-order valence-corrected chi connectivity index (χ0v) is 15.8.